The van der Waals surface area contributed by atoms with Crippen LogP contribution >= 0.6 is 0 Å². The van der Waals surface area contributed by atoms with Gasteiger partial charge in [-0.1, -0.05) is 13.0 Å². The van der Waals surface area contributed by atoms with Gasteiger partial charge in [-0.15, -0.1) is 0 Å². The van der Waals surface area contributed by atoms with Gasteiger partial charge in [0.1, 0.15) is 11.6 Å². The van der Waals surface area contributed by atoms with E-state index in [1.165, 1.54) is 6.07 Å². The smallest absolute Gasteiger partial charge is 0.182 e. The van der Waals surface area contributed by atoms with E-state index in [0.29, 0.717) is 0 Å². The second kappa shape index (κ2) is 5.87. The fourth-order valence-corrected chi connectivity index (χ4v) is 1.54. The molecule has 0 radical (unpaired) electrons. The average Bonchev–Trinajstić information content (AvgIpc) is 2.27. The summed E-state index contributed by atoms with van der Waals surface area (Å²) in [6.07, 6.45) is 0.879. The van der Waals surface area contributed by atoms with E-state index >= 15 is 0 Å². The number of carbonyl (C=O) groups is 1. The molecular weight excluding hydrogens is 224 g/mol. The SMILES string of the molecule is CCC(C)N(C)CC(=O)c1c(F)cccc1F. The summed E-state index contributed by atoms with van der Waals surface area (Å²) in [6.45, 7) is 3.98. The van der Waals surface area contributed by atoms with E-state index < -0.39 is 23.0 Å². The Morgan fingerprint density at radius 3 is 2.35 bits per heavy atom. The second-order valence-corrected chi connectivity index (χ2v) is 4.19. The molecule has 0 saturated carbocycles. The molecule has 1 atom stereocenters. The highest BCUT2D eigenvalue weighted by molar-refractivity contribution is 5.98. The standard InChI is InChI=1S/C13H17F2NO/c1-4-9(2)16(3)8-12(17)13-10(14)6-5-7-11(13)15/h5-7,9H,4,8H2,1-3H3. The zero-order valence-corrected chi connectivity index (χ0v) is 10.3. The molecule has 2 nitrogen and oxygen atoms in total. The van der Waals surface area contributed by atoms with E-state index in [2.05, 4.69) is 0 Å². The quantitative estimate of drug-likeness (QED) is 0.739. The lowest BCUT2D eigenvalue weighted by Crippen LogP contribution is -2.34. The van der Waals surface area contributed by atoms with Crippen LogP contribution in [0.1, 0.15) is 30.6 Å². The fourth-order valence-electron chi connectivity index (χ4n) is 1.54. The molecule has 94 valence electrons. The van der Waals surface area contributed by atoms with E-state index in [9.17, 15) is 13.6 Å². The van der Waals surface area contributed by atoms with Gasteiger partial charge in [-0.05, 0) is 32.5 Å². The Morgan fingerprint density at radius 1 is 1.35 bits per heavy atom. The van der Waals surface area contributed by atoms with Gasteiger partial charge < -0.3 is 0 Å². The zero-order valence-electron chi connectivity index (χ0n) is 10.3. The number of halogens is 2. The molecule has 0 aliphatic heterocycles. The molecule has 1 unspecified atom stereocenters. The Morgan fingerprint density at radius 2 is 1.88 bits per heavy atom. The summed E-state index contributed by atoms with van der Waals surface area (Å²) in [5.74, 6) is -2.12. The first-order valence-corrected chi connectivity index (χ1v) is 5.64. The molecule has 0 N–H and O–H groups in total. The van der Waals surface area contributed by atoms with Crippen LogP contribution in [0.2, 0.25) is 0 Å². The molecule has 0 amide bonds. The number of rotatable bonds is 5. The predicted molar refractivity (Wildman–Crippen MR) is 63.1 cm³/mol. The van der Waals surface area contributed by atoms with Crippen LogP contribution in [-0.4, -0.2) is 30.3 Å². The molecule has 0 aliphatic carbocycles. The Kier molecular flexibility index (Phi) is 4.75. The first-order valence-electron chi connectivity index (χ1n) is 5.64. The summed E-state index contributed by atoms with van der Waals surface area (Å²) >= 11 is 0. The molecule has 0 bridgehead atoms. The van der Waals surface area contributed by atoms with Crippen LogP contribution in [0.4, 0.5) is 8.78 Å². The van der Waals surface area contributed by atoms with Crippen molar-refractivity contribution < 1.29 is 13.6 Å². The maximum atomic E-state index is 13.4. The number of benzene rings is 1. The lowest BCUT2D eigenvalue weighted by atomic mass is 10.1. The first-order chi connectivity index (χ1) is 7.97. The molecule has 17 heavy (non-hydrogen) atoms. The predicted octanol–water partition coefficient (Wildman–Crippen LogP) is 2.88. The van der Waals surface area contributed by atoms with Crippen molar-refractivity contribution in [2.75, 3.05) is 13.6 Å². The third kappa shape index (κ3) is 3.33. The largest absolute Gasteiger partial charge is 0.296 e. The molecule has 4 heteroatoms. The van der Waals surface area contributed by atoms with Crippen molar-refractivity contribution in [1.82, 2.24) is 4.90 Å². The number of Topliss-reactive ketones (excluding diaryl/α,β-unsaturated/α-hetero) is 1. The van der Waals surface area contributed by atoms with Crippen molar-refractivity contribution in [2.24, 2.45) is 0 Å². The Hall–Kier alpha value is -1.29. The highest BCUT2D eigenvalue weighted by Gasteiger charge is 2.19. The summed E-state index contributed by atoms with van der Waals surface area (Å²) in [5, 5.41) is 0. The zero-order chi connectivity index (χ0) is 13.0. The van der Waals surface area contributed by atoms with Crippen molar-refractivity contribution in [3.05, 3.63) is 35.4 Å². The molecule has 0 spiro atoms. The van der Waals surface area contributed by atoms with Crippen LogP contribution in [0.3, 0.4) is 0 Å². The van der Waals surface area contributed by atoms with Gasteiger partial charge >= 0.3 is 0 Å². The van der Waals surface area contributed by atoms with Gasteiger partial charge in [-0.2, -0.15) is 0 Å². The second-order valence-electron chi connectivity index (χ2n) is 4.19. The minimum atomic E-state index is -0.799. The summed E-state index contributed by atoms with van der Waals surface area (Å²) in [7, 11) is 1.77. The summed E-state index contributed by atoms with van der Waals surface area (Å²) in [4.78, 5) is 13.6. The monoisotopic (exact) mass is 241 g/mol. The minimum Gasteiger partial charge on any atom is -0.296 e. The van der Waals surface area contributed by atoms with E-state index in [0.717, 1.165) is 18.6 Å². The molecule has 0 heterocycles. The molecule has 0 saturated heterocycles. The number of ketones is 1. The van der Waals surface area contributed by atoms with Crippen LogP contribution in [0.15, 0.2) is 18.2 Å². The van der Waals surface area contributed by atoms with Crippen molar-refractivity contribution in [2.45, 2.75) is 26.3 Å². The molecule has 1 rings (SSSR count). The highest BCUT2D eigenvalue weighted by atomic mass is 19.1. The van der Waals surface area contributed by atoms with Crippen LogP contribution in [0, 0.1) is 11.6 Å². The fraction of sp³-hybridized carbons (Fsp3) is 0.462. The Balaban J connectivity index is 2.84. The lowest BCUT2D eigenvalue weighted by Gasteiger charge is -2.22. The van der Waals surface area contributed by atoms with E-state index in [1.54, 1.807) is 11.9 Å². The van der Waals surface area contributed by atoms with Crippen LogP contribution in [0.5, 0.6) is 0 Å². The normalized spacial score (nSPS) is 12.8. The topological polar surface area (TPSA) is 20.3 Å². The molecule has 1 aromatic rings. The van der Waals surface area contributed by atoms with Crippen molar-refractivity contribution in [1.29, 1.82) is 0 Å². The van der Waals surface area contributed by atoms with E-state index in [4.69, 9.17) is 0 Å². The van der Waals surface area contributed by atoms with Crippen LogP contribution < -0.4 is 0 Å². The van der Waals surface area contributed by atoms with Gasteiger partial charge in [0, 0.05) is 6.04 Å². The first kappa shape index (κ1) is 13.8. The van der Waals surface area contributed by atoms with Gasteiger partial charge in [0.25, 0.3) is 0 Å². The van der Waals surface area contributed by atoms with Gasteiger partial charge in [0.05, 0.1) is 12.1 Å². The van der Waals surface area contributed by atoms with Crippen LogP contribution in [-0.2, 0) is 0 Å². The Labute approximate surface area is 100 Å². The van der Waals surface area contributed by atoms with Crippen molar-refractivity contribution in [3.8, 4) is 0 Å². The van der Waals surface area contributed by atoms with E-state index in [1.807, 2.05) is 13.8 Å². The number of hydrogen-bond donors (Lipinski definition) is 0. The molecule has 0 fully saturated rings. The van der Waals surface area contributed by atoms with Crippen LogP contribution in [0.25, 0.3) is 0 Å². The average molecular weight is 241 g/mol. The number of nitrogens with zero attached hydrogens (tertiary/aromatic N) is 1. The number of hydrogen-bond acceptors (Lipinski definition) is 2. The summed E-state index contributed by atoms with van der Waals surface area (Å²) < 4.78 is 26.7. The third-order valence-corrected chi connectivity index (χ3v) is 2.98. The van der Waals surface area contributed by atoms with Gasteiger partial charge in [0.15, 0.2) is 5.78 Å². The van der Waals surface area contributed by atoms with Gasteiger partial charge in [-0.3, -0.25) is 9.69 Å². The molecular formula is C13H17F2NO. The van der Waals surface area contributed by atoms with Gasteiger partial charge in [0.2, 0.25) is 0 Å². The molecule has 1 aromatic carbocycles. The molecule has 0 aromatic heterocycles. The number of likely N-dealkylation sites (N-methyl/N-ethyl adjacent to an activating group) is 1. The van der Waals surface area contributed by atoms with Crippen molar-refractivity contribution >= 4 is 5.78 Å². The number of carbonyl (C=O) groups excluding carboxylic acids is 1. The Bertz CT molecular complexity index is 386. The van der Waals surface area contributed by atoms with E-state index in [-0.39, 0.29) is 12.6 Å². The minimum absolute atomic E-state index is 0.0207. The maximum Gasteiger partial charge on any atom is 0.182 e. The summed E-state index contributed by atoms with van der Waals surface area (Å²) in [6, 6.07) is 3.65. The maximum absolute atomic E-state index is 13.4. The molecule has 0 aliphatic rings. The van der Waals surface area contributed by atoms with Gasteiger partial charge in [-0.25, -0.2) is 8.78 Å². The third-order valence-electron chi connectivity index (χ3n) is 2.98. The lowest BCUT2D eigenvalue weighted by molar-refractivity contribution is 0.0915. The van der Waals surface area contributed by atoms with Crippen molar-refractivity contribution in [3.63, 3.8) is 0 Å². The highest BCUT2D eigenvalue weighted by Crippen LogP contribution is 2.13. The summed E-state index contributed by atoms with van der Waals surface area (Å²) in [5.41, 5.74) is -0.442.